The predicted molar refractivity (Wildman–Crippen MR) is 77.3 cm³/mol. The molecule has 0 aliphatic carbocycles. The van der Waals surface area contributed by atoms with E-state index < -0.39 is 5.97 Å². The summed E-state index contributed by atoms with van der Waals surface area (Å²) in [6, 6.07) is 10.9. The second-order valence-electron chi connectivity index (χ2n) is 4.79. The van der Waals surface area contributed by atoms with Crippen molar-refractivity contribution in [3.05, 3.63) is 47.7 Å². The van der Waals surface area contributed by atoms with Gasteiger partial charge in [0.25, 0.3) is 0 Å². The van der Waals surface area contributed by atoms with Gasteiger partial charge in [0.1, 0.15) is 5.75 Å². The molecule has 0 bridgehead atoms. The number of carboxylic acids is 1. The molecule has 0 amide bonds. The number of para-hydroxylation sites is 1. The number of aromatic nitrogens is 1. The van der Waals surface area contributed by atoms with E-state index in [9.17, 15) is 9.90 Å². The Balaban J connectivity index is 2.59. The number of aromatic carboxylic acids is 1. The number of ether oxygens (including phenoxy) is 1. The van der Waals surface area contributed by atoms with Crippen LogP contribution in [0, 0.1) is 0 Å². The fraction of sp³-hybridized carbons (Fsp3) is 0.250. The lowest BCUT2D eigenvalue weighted by atomic mass is 10.0. The summed E-state index contributed by atoms with van der Waals surface area (Å²) in [5.74, 6) is -0.193. The summed E-state index contributed by atoms with van der Waals surface area (Å²) in [7, 11) is 1.60. The molecule has 0 unspecified atom stereocenters. The molecule has 104 valence electrons. The Hall–Kier alpha value is -2.36. The molecule has 1 N–H and O–H groups in total. The van der Waals surface area contributed by atoms with Crippen LogP contribution < -0.4 is 4.74 Å². The molecule has 0 atom stereocenters. The van der Waals surface area contributed by atoms with Crippen molar-refractivity contribution in [2.45, 2.75) is 19.8 Å². The molecule has 0 aliphatic heterocycles. The van der Waals surface area contributed by atoms with Gasteiger partial charge in [0.15, 0.2) is 0 Å². The van der Waals surface area contributed by atoms with Gasteiger partial charge in [-0.25, -0.2) is 4.79 Å². The van der Waals surface area contributed by atoms with Gasteiger partial charge in [-0.3, -0.25) is 4.98 Å². The van der Waals surface area contributed by atoms with Crippen LogP contribution in [0.5, 0.6) is 5.75 Å². The van der Waals surface area contributed by atoms with E-state index in [1.54, 1.807) is 19.2 Å². The van der Waals surface area contributed by atoms with Gasteiger partial charge in [-0.05, 0) is 30.2 Å². The molecule has 1 aromatic heterocycles. The summed E-state index contributed by atoms with van der Waals surface area (Å²) in [6.07, 6.45) is 0. The monoisotopic (exact) mass is 271 g/mol. The number of nitrogens with zero attached hydrogens (tertiary/aromatic N) is 1. The second-order valence-corrected chi connectivity index (χ2v) is 4.79. The first-order valence-corrected chi connectivity index (χ1v) is 6.42. The van der Waals surface area contributed by atoms with E-state index in [1.165, 1.54) is 0 Å². The Bertz CT molecular complexity index is 635. The van der Waals surface area contributed by atoms with Crippen molar-refractivity contribution < 1.29 is 14.6 Å². The lowest BCUT2D eigenvalue weighted by Gasteiger charge is -2.13. The largest absolute Gasteiger partial charge is 0.496 e. The van der Waals surface area contributed by atoms with Crippen LogP contribution >= 0.6 is 0 Å². The van der Waals surface area contributed by atoms with Crippen LogP contribution in [0.25, 0.3) is 11.3 Å². The molecule has 0 radical (unpaired) electrons. The highest BCUT2D eigenvalue weighted by Crippen LogP contribution is 2.30. The normalized spacial score (nSPS) is 10.6. The molecule has 20 heavy (non-hydrogen) atoms. The van der Waals surface area contributed by atoms with E-state index in [0.29, 0.717) is 5.69 Å². The minimum atomic E-state index is -0.951. The van der Waals surface area contributed by atoms with E-state index in [0.717, 1.165) is 17.0 Å². The number of pyridine rings is 1. The molecule has 0 spiro atoms. The summed E-state index contributed by atoms with van der Waals surface area (Å²) < 4.78 is 5.32. The summed E-state index contributed by atoms with van der Waals surface area (Å²) in [6.45, 7) is 3.86. The third kappa shape index (κ3) is 2.64. The number of carboxylic acid groups (broad SMARTS) is 1. The van der Waals surface area contributed by atoms with Crippen LogP contribution in [0.4, 0.5) is 0 Å². The summed E-state index contributed by atoms with van der Waals surface area (Å²) in [5, 5.41) is 9.21. The lowest BCUT2D eigenvalue weighted by molar-refractivity contribution is 0.0694. The fourth-order valence-corrected chi connectivity index (χ4v) is 2.10. The van der Waals surface area contributed by atoms with E-state index in [1.807, 2.05) is 38.1 Å². The second kappa shape index (κ2) is 5.74. The zero-order valence-corrected chi connectivity index (χ0v) is 11.8. The number of hydrogen-bond acceptors (Lipinski definition) is 3. The van der Waals surface area contributed by atoms with Gasteiger partial charge < -0.3 is 9.84 Å². The van der Waals surface area contributed by atoms with Crippen LogP contribution in [0.2, 0.25) is 0 Å². The summed E-state index contributed by atoms with van der Waals surface area (Å²) >= 11 is 0. The number of methoxy groups -OCH3 is 1. The third-order valence-electron chi connectivity index (χ3n) is 3.08. The maximum absolute atomic E-state index is 11.2. The minimum Gasteiger partial charge on any atom is -0.496 e. The Morgan fingerprint density at radius 1 is 1.20 bits per heavy atom. The third-order valence-corrected chi connectivity index (χ3v) is 3.08. The van der Waals surface area contributed by atoms with Crippen molar-refractivity contribution in [1.82, 2.24) is 4.98 Å². The molecule has 4 heteroatoms. The molecule has 1 aromatic carbocycles. The highest BCUT2D eigenvalue weighted by molar-refractivity contribution is 5.89. The first-order valence-electron chi connectivity index (χ1n) is 6.42. The molecule has 0 saturated carbocycles. The quantitative estimate of drug-likeness (QED) is 0.923. The van der Waals surface area contributed by atoms with E-state index in [4.69, 9.17) is 4.74 Å². The molecule has 0 saturated heterocycles. The number of carbonyl (C=O) groups is 1. The number of hydrogen-bond donors (Lipinski definition) is 1. The van der Waals surface area contributed by atoms with E-state index in [-0.39, 0.29) is 11.5 Å². The van der Waals surface area contributed by atoms with Crippen LogP contribution in [0.15, 0.2) is 36.4 Å². The van der Waals surface area contributed by atoms with E-state index in [2.05, 4.69) is 4.98 Å². The van der Waals surface area contributed by atoms with Gasteiger partial charge in [0.2, 0.25) is 0 Å². The van der Waals surface area contributed by atoms with Crippen LogP contribution in [-0.2, 0) is 0 Å². The van der Waals surface area contributed by atoms with Gasteiger partial charge in [0.05, 0.1) is 24.1 Å². The van der Waals surface area contributed by atoms with Gasteiger partial charge in [0, 0.05) is 5.56 Å². The SMILES string of the molecule is COc1ccccc1-c1ccc(C(=O)O)c(C(C)C)n1. The fourth-order valence-electron chi connectivity index (χ4n) is 2.10. The van der Waals surface area contributed by atoms with Crippen LogP contribution in [-0.4, -0.2) is 23.2 Å². The van der Waals surface area contributed by atoms with Gasteiger partial charge in [-0.1, -0.05) is 26.0 Å². The van der Waals surface area contributed by atoms with E-state index >= 15 is 0 Å². The summed E-state index contributed by atoms with van der Waals surface area (Å²) in [4.78, 5) is 15.7. The number of rotatable bonds is 4. The Kier molecular flexibility index (Phi) is 4.03. The lowest BCUT2D eigenvalue weighted by Crippen LogP contribution is -2.07. The van der Waals surface area contributed by atoms with Crippen LogP contribution in [0.3, 0.4) is 0 Å². The average molecular weight is 271 g/mol. The predicted octanol–water partition coefficient (Wildman–Crippen LogP) is 3.58. The Morgan fingerprint density at radius 3 is 2.50 bits per heavy atom. The maximum Gasteiger partial charge on any atom is 0.337 e. The topological polar surface area (TPSA) is 59.4 Å². The van der Waals surface area contributed by atoms with Crippen molar-refractivity contribution in [1.29, 1.82) is 0 Å². The highest BCUT2D eigenvalue weighted by atomic mass is 16.5. The van der Waals surface area contributed by atoms with Gasteiger partial charge in [-0.15, -0.1) is 0 Å². The molecule has 2 rings (SSSR count). The zero-order valence-electron chi connectivity index (χ0n) is 11.8. The average Bonchev–Trinajstić information content (AvgIpc) is 2.46. The zero-order chi connectivity index (χ0) is 14.7. The summed E-state index contributed by atoms with van der Waals surface area (Å²) in [5.41, 5.74) is 2.41. The van der Waals surface area contributed by atoms with Crippen molar-refractivity contribution in [3.8, 4) is 17.0 Å². The smallest absolute Gasteiger partial charge is 0.337 e. The standard InChI is InChI=1S/C16H17NO3/c1-10(2)15-12(16(18)19)8-9-13(17-15)11-6-4-5-7-14(11)20-3/h4-10H,1-3H3,(H,18,19). The molecule has 0 fully saturated rings. The van der Waals surface area contributed by atoms with Crippen molar-refractivity contribution in [3.63, 3.8) is 0 Å². The van der Waals surface area contributed by atoms with Crippen molar-refractivity contribution >= 4 is 5.97 Å². The van der Waals surface area contributed by atoms with Crippen LogP contribution in [0.1, 0.15) is 35.8 Å². The Morgan fingerprint density at radius 2 is 1.90 bits per heavy atom. The first-order chi connectivity index (χ1) is 9.54. The Labute approximate surface area is 118 Å². The van der Waals surface area contributed by atoms with Gasteiger partial charge in [-0.2, -0.15) is 0 Å². The molecule has 1 heterocycles. The van der Waals surface area contributed by atoms with Gasteiger partial charge >= 0.3 is 5.97 Å². The molecule has 0 aliphatic rings. The number of benzene rings is 1. The molecular weight excluding hydrogens is 254 g/mol. The highest BCUT2D eigenvalue weighted by Gasteiger charge is 2.16. The van der Waals surface area contributed by atoms with Crippen molar-refractivity contribution in [2.24, 2.45) is 0 Å². The molecule has 2 aromatic rings. The first kappa shape index (κ1) is 14.1. The molecular formula is C16H17NO3. The molecule has 4 nitrogen and oxygen atoms in total. The minimum absolute atomic E-state index is 0.0377. The maximum atomic E-state index is 11.2. The van der Waals surface area contributed by atoms with Crippen molar-refractivity contribution in [2.75, 3.05) is 7.11 Å².